The lowest BCUT2D eigenvalue weighted by Gasteiger charge is -2.23. The molecule has 1 aromatic rings. The van der Waals surface area contributed by atoms with Gasteiger partial charge in [0.05, 0.1) is 0 Å². The number of rotatable bonds is 3. The van der Waals surface area contributed by atoms with Crippen LogP contribution in [0.4, 0.5) is 0 Å². The van der Waals surface area contributed by atoms with Crippen LogP contribution in [0, 0.1) is 5.41 Å². The highest BCUT2D eigenvalue weighted by atomic mass is 14.3. The van der Waals surface area contributed by atoms with E-state index in [0.717, 1.165) is 0 Å². The van der Waals surface area contributed by atoms with Crippen molar-refractivity contribution in [3.05, 3.63) is 77.4 Å². The van der Waals surface area contributed by atoms with Gasteiger partial charge in [-0.15, -0.1) is 0 Å². The van der Waals surface area contributed by atoms with Gasteiger partial charge in [0.1, 0.15) is 0 Å². The lowest BCUT2D eigenvalue weighted by Crippen LogP contribution is -2.11. The average Bonchev–Trinajstić information content (AvgIpc) is 2.61. The molecule has 0 fully saturated rings. The summed E-state index contributed by atoms with van der Waals surface area (Å²) in [5.74, 6) is 0. The van der Waals surface area contributed by atoms with Crippen LogP contribution in [0.5, 0.6) is 0 Å². The first kappa shape index (κ1) is 13.6. The van der Waals surface area contributed by atoms with Gasteiger partial charge in [-0.1, -0.05) is 80.1 Å². The minimum atomic E-state index is 0.157. The van der Waals surface area contributed by atoms with Crippen molar-refractivity contribution in [2.24, 2.45) is 5.41 Å². The van der Waals surface area contributed by atoms with E-state index in [9.17, 15) is 0 Å². The van der Waals surface area contributed by atoms with Crippen LogP contribution in [0.15, 0.2) is 71.9 Å². The van der Waals surface area contributed by atoms with Crippen molar-refractivity contribution >= 4 is 5.57 Å². The van der Waals surface area contributed by atoms with Crippen molar-refractivity contribution < 1.29 is 0 Å². The fourth-order valence-electron chi connectivity index (χ4n) is 2.49. The Kier molecular flexibility index (Phi) is 3.61. The van der Waals surface area contributed by atoms with Crippen molar-refractivity contribution in [1.82, 2.24) is 0 Å². The molecule has 0 N–H and O–H groups in total. The van der Waals surface area contributed by atoms with E-state index >= 15 is 0 Å². The smallest absolute Gasteiger partial charge is 0.00710 e. The number of hydrogen-bond acceptors (Lipinski definition) is 0. The fraction of sp³-hybridized carbons (Fsp3) is 0.263. The van der Waals surface area contributed by atoms with Crippen molar-refractivity contribution in [3.8, 4) is 0 Å². The topological polar surface area (TPSA) is 0 Å². The Morgan fingerprint density at radius 2 is 1.74 bits per heavy atom. The molecule has 0 saturated carbocycles. The maximum Gasteiger partial charge on any atom is 0.00710 e. The molecule has 0 aliphatic heterocycles. The summed E-state index contributed by atoms with van der Waals surface area (Å²) in [6.45, 7) is 12.9. The molecule has 0 bridgehead atoms. The number of benzene rings is 1. The van der Waals surface area contributed by atoms with E-state index in [4.69, 9.17) is 0 Å². The molecule has 2 rings (SSSR count). The van der Waals surface area contributed by atoms with Gasteiger partial charge >= 0.3 is 0 Å². The molecule has 98 valence electrons. The van der Waals surface area contributed by atoms with Crippen molar-refractivity contribution in [3.63, 3.8) is 0 Å². The van der Waals surface area contributed by atoms with Gasteiger partial charge in [-0.2, -0.15) is 0 Å². The highest BCUT2D eigenvalue weighted by molar-refractivity contribution is 5.85. The minimum Gasteiger partial charge on any atom is -0.0990 e. The quantitative estimate of drug-likeness (QED) is 0.616. The van der Waals surface area contributed by atoms with E-state index in [0.29, 0.717) is 0 Å². The Hall–Kier alpha value is -1.82. The summed E-state index contributed by atoms with van der Waals surface area (Å²) < 4.78 is 0. The second kappa shape index (κ2) is 5.05. The monoisotopic (exact) mass is 250 g/mol. The SMILES string of the molecule is C=C/C=C(\C1=C(C)C(C)(C)C(C)=C1)c1ccccc1. The van der Waals surface area contributed by atoms with Crippen LogP contribution in [0.2, 0.25) is 0 Å². The van der Waals surface area contributed by atoms with Crippen LogP contribution in [0.25, 0.3) is 5.57 Å². The average molecular weight is 250 g/mol. The van der Waals surface area contributed by atoms with Crippen molar-refractivity contribution in [1.29, 1.82) is 0 Å². The molecule has 1 aliphatic rings. The summed E-state index contributed by atoms with van der Waals surface area (Å²) in [5, 5.41) is 0. The molecule has 0 heterocycles. The summed E-state index contributed by atoms with van der Waals surface area (Å²) in [7, 11) is 0. The highest BCUT2D eigenvalue weighted by Gasteiger charge is 2.30. The summed E-state index contributed by atoms with van der Waals surface area (Å²) >= 11 is 0. The Labute approximate surface area is 116 Å². The Morgan fingerprint density at radius 3 is 2.21 bits per heavy atom. The third kappa shape index (κ3) is 2.35. The maximum atomic E-state index is 3.86. The van der Waals surface area contributed by atoms with Gasteiger partial charge in [0, 0.05) is 5.41 Å². The molecular weight excluding hydrogens is 228 g/mol. The van der Waals surface area contributed by atoms with Crippen LogP contribution >= 0.6 is 0 Å². The molecule has 1 aromatic carbocycles. The first-order valence-electron chi connectivity index (χ1n) is 6.77. The fourth-order valence-corrected chi connectivity index (χ4v) is 2.49. The Balaban J connectivity index is 2.58. The van der Waals surface area contributed by atoms with Crippen LogP contribution in [0.1, 0.15) is 33.3 Å². The van der Waals surface area contributed by atoms with Crippen LogP contribution < -0.4 is 0 Å². The maximum absolute atomic E-state index is 3.86. The van der Waals surface area contributed by atoms with Gasteiger partial charge in [0.15, 0.2) is 0 Å². The number of allylic oxidation sites excluding steroid dienone is 7. The number of hydrogen-bond donors (Lipinski definition) is 0. The summed E-state index contributed by atoms with van der Waals surface area (Å²) in [6, 6.07) is 10.5. The molecule has 1 aliphatic carbocycles. The van der Waals surface area contributed by atoms with Gasteiger partial charge in [-0.05, 0) is 30.6 Å². The molecule has 0 saturated heterocycles. The lowest BCUT2D eigenvalue weighted by atomic mass is 9.81. The van der Waals surface area contributed by atoms with E-state index in [-0.39, 0.29) is 5.41 Å². The summed E-state index contributed by atoms with van der Waals surface area (Å²) in [6.07, 6.45) is 6.30. The second-order valence-electron chi connectivity index (χ2n) is 5.67. The van der Waals surface area contributed by atoms with Gasteiger partial charge < -0.3 is 0 Å². The molecule has 0 nitrogen and oxygen atoms in total. The Bertz CT molecular complexity index is 578. The summed E-state index contributed by atoms with van der Waals surface area (Å²) in [4.78, 5) is 0. The van der Waals surface area contributed by atoms with E-state index in [2.05, 4.69) is 76.8 Å². The third-order valence-electron chi connectivity index (χ3n) is 4.35. The molecule has 0 amide bonds. The Morgan fingerprint density at radius 1 is 1.11 bits per heavy atom. The first-order valence-corrected chi connectivity index (χ1v) is 6.77. The molecule has 0 spiro atoms. The van der Waals surface area contributed by atoms with Crippen LogP contribution in [-0.2, 0) is 0 Å². The molecule has 0 radical (unpaired) electrons. The van der Waals surface area contributed by atoms with Gasteiger partial charge in [0.2, 0.25) is 0 Å². The largest absolute Gasteiger partial charge is 0.0990 e. The van der Waals surface area contributed by atoms with Crippen molar-refractivity contribution in [2.75, 3.05) is 0 Å². The first-order chi connectivity index (χ1) is 8.98. The molecule has 0 unspecified atom stereocenters. The molecule has 0 atom stereocenters. The predicted molar refractivity (Wildman–Crippen MR) is 84.9 cm³/mol. The highest BCUT2D eigenvalue weighted by Crippen LogP contribution is 2.46. The lowest BCUT2D eigenvalue weighted by molar-refractivity contribution is 0.549. The molecule has 19 heavy (non-hydrogen) atoms. The van der Waals surface area contributed by atoms with Gasteiger partial charge in [-0.3, -0.25) is 0 Å². The van der Waals surface area contributed by atoms with Crippen LogP contribution in [0.3, 0.4) is 0 Å². The molecule has 0 aromatic heterocycles. The van der Waals surface area contributed by atoms with Crippen molar-refractivity contribution in [2.45, 2.75) is 27.7 Å². The van der Waals surface area contributed by atoms with Crippen LogP contribution in [-0.4, -0.2) is 0 Å². The zero-order valence-corrected chi connectivity index (χ0v) is 12.3. The standard InChI is InChI=1S/C19H22/c1-6-10-17(16-11-8-7-9-12-16)18-13-14(2)19(4,5)15(18)3/h6-13H,1H2,2-5H3/b17-10-. The van der Waals surface area contributed by atoms with E-state index < -0.39 is 0 Å². The third-order valence-corrected chi connectivity index (χ3v) is 4.35. The van der Waals surface area contributed by atoms with E-state index in [1.54, 1.807) is 0 Å². The molecule has 0 heteroatoms. The summed E-state index contributed by atoms with van der Waals surface area (Å²) in [5.41, 5.74) is 6.86. The normalized spacial score (nSPS) is 18.5. The van der Waals surface area contributed by atoms with Gasteiger partial charge in [0.25, 0.3) is 0 Å². The molecular formula is C19H22. The second-order valence-corrected chi connectivity index (χ2v) is 5.67. The van der Waals surface area contributed by atoms with Gasteiger partial charge in [-0.25, -0.2) is 0 Å². The zero-order chi connectivity index (χ0) is 14.0. The zero-order valence-electron chi connectivity index (χ0n) is 12.3. The predicted octanol–water partition coefficient (Wildman–Crippen LogP) is 5.56. The van der Waals surface area contributed by atoms with E-state index in [1.165, 1.54) is 27.9 Å². The minimum absolute atomic E-state index is 0.157. The van der Waals surface area contributed by atoms with E-state index in [1.807, 2.05) is 6.08 Å².